The molecule has 8 nitrogen and oxygen atoms in total. The van der Waals surface area contributed by atoms with Crippen molar-refractivity contribution >= 4 is 5.91 Å². The maximum Gasteiger partial charge on any atom is 0.257 e. The zero-order valence-corrected chi connectivity index (χ0v) is 13.7. The van der Waals surface area contributed by atoms with Gasteiger partial charge in [0, 0.05) is 26.1 Å². The highest BCUT2D eigenvalue weighted by molar-refractivity contribution is 5.97. The molecule has 2 rings (SSSR count). The van der Waals surface area contributed by atoms with Gasteiger partial charge >= 0.3 is 0 Å². The van der Waals surface area contributed by atoms with Crippen molar-refractivity contribution in [1.82, 2.24) is 15.1 Å². The molecule has 2 aromatic rings. The molecule has 0 bridgehead atoms. The van der Waals surface area contributed by atoms with Gasteiger partial charge in [0.2, 0.25) is 11.8 Å². The van der Waals surface area contributed by atoms with E-state index >= 15 is 0 Å². The molecule has 1 aromatic carbocycles. The summed E-state index contributed by atoms with van der Waals surface area (Å²) in [5.41, 5.74) is 0.351. The number of hydrogen-bond acceptors (Lipinski definition) is 7. The Kier molecular flexibility index (Phi) is 5.05. The molecule has 1 heterocycles. The van der Waals surface area contributed by atoms with Gasteiger partial charge in [-0.25, -0.2) is 0 Å². The third-order valence-corrected chi connectivity index (χ3v) is 3.22. The van der Waals surface area contributed by atoms with Crippen molar-refractivity contribution in [2.75, 3.05) is 28.4 Å². The Morgan fingerprint density at radius 1 is 1.09 bits per heavy atom. The van der Waals surface area contributed by atoms with E-state index < -0.39 is 0 Å². The summed E-state index contributed by atoms with van der Waals surface area (Å²) in [6.07, 6.45) is 0. The van der Waals surface area contributed by atoms with E-state index in [1.165, 1.54) is 26.2 Å². The van der Waals surface area contributed by atoms with Crippen LogP contribution in [-0.2, 0) is 6.54 Å². The number of methoxy groups -OCH3 is 3. The Morgan fingerprint density at radius 2 is 1.70 bits per heavy atom. The van der Waals surface area contributed by atoms with E-state index in [9.17, 15) is 4.79 Å². The minimum atomic E-state index is -0.265. The molecule has 1 aromatic heterocycles. The van der Waals surface area contributed by atoms with Gasteiger partial charge in [-0.15, -0.1) is 10.2 Å². The lowest BCUT2D eigenvalue weighted by atomic mass is 10.1. The van der Waals surface area contributed by atoms with Crippen molar-refractivity contribution in [3.8, 4) is 17.2 Å². The van der Waals surface area contributed by atoms with Crippen LogP contribution in [0.1, 0.15) is 22.1 Å². The highest BCUT2D eigenvalue weighted by Gasteiger charge is 2.22. The third kappa shape index (κ3) is 3.53. The number of aryl methyl sites for hydroxylation is 1. The molecule has 0 aliphatic carbocycles. The number of carbonyl (C=O) groups is 1. The Hall–Kier alpha value is -2.77. The first-order valence-corrected chi connectivity index (χ1v) is 6.84. The van der Waals surface area contributed by atoms with Crippen molar-refractivity contribution in [3.05, 3.63) is 29.5 Å². The second-order valence-electron chi connectivity index (χ2n) is 4.78. The van der Waals surface area contributed by atoms with E-state index in [0.717, 1.165) is 0 Å². The van der Waals surface area contributed by atoms with Crippen LogP contribution in [-0.4, -0.2) is 49.4 Å². The van der Waals surface area contributed by atoms with E-state index in [4.69, 9.17) is 18.6 Å². The molecule has 0 radical (unpaired) electrons. The zero-order valence-electron chi connectivity index (χ0n) is 13.7. The van der Waals surface area contributed by atoms with E-state index in [-0.39, 0.29) is 12.5 Å². The minimum Gasteiger partial charge on any atom is -0.496 e. The molecule has 0 saturated heterocycles. The smallest absolute Gasteiger partial charge is 0.257 e. The lowest BCUT2D eigenvalue weighted by Crippen LogP contribution is -2.27. The number of nitrogens with zero attached hydrogens (tertiary/aromatic N) is 3. The Morgan fingerprint density at radius 3 is 2.22 bits per heavy atom. The number of carbonyl (C=O) groups excluding carboxylic acids is 1. The van der Waals surface area contributed by atoms with E-state index in [0.29, 0.717) is 34.6 Å². The maximum absolute atomic E-state index is 12.7. The summed E-state index contributed by atoms with van der Waals surface area (Å²) in [6, 6.07) is 3.19. The topological polar surface area (TPSA) is 86.9 Å². The van der Waals surface area contributed by atoms with Crippen LogP contribution in [0.15, 0.2) is 16.5 Å². The number of benzene rings is 1. The maximum atomic E-state index is 12.7. The van der Waals surface area contributed by atoms with Gasteiger partial charge in [-0.2, -0.15) is 0 Å². The first-order valence-electron chi connectivity index (χ1n) is 6.84. The minimum absolute atomic E-state index is 0.192. The van der Waals surface area contributed by atoms with E-state index in [1.807, 2.05) is 0 Å². The molecule has 124 valence electrons. The summed E-state index contributed by atoms with van der Waals surface area (Å²) in [5, 5.41) is 7.62. The number of amides is 1. The second kappa shape index (κ2) is 6.99. The molecule has 8 heteroatoms. The average Bonchev–Trinajstić information content (AvgIpc) is 2.97. The van der Waals surface area contributed by atoms with Gasteiger partial charge in [-0.1, -0.05) is 0 Å². The van der Waals surface area contributed by atoms with E-state index in [1.54, 1.807) is 26.1 Å². The second-order valence-corrected chi connectivity index (χ2v) is 4.78. The van der Waals surface area contributed by atoms with Crippen LogP contribution >= 0.6 is 0 Å². The van der Waals surface area contributed by atoms with Crippen molar-refractivity contribution in [2.24, 2.45) is 0 Å². The van der Waals surface area contributed by atoms with Crippen molar-refractivity contribution < 1.29 is 23.4 Å². The van der Waals surface area contributed by atoms with Crippen molar-refractivity contribution in [2.45, 2.75) is 13.5 Å². The largest absolute Gasteiger partial charge is 0.496 e. The SMILES string of the molecule is COc1cc(OC)c(C(=O)N(C)Cc2nnc(C)o2)cc1OC. The summed E-state index contributed by atoms with van der Waals surface area (Å²) in [6.45, 7) is 1.88. The lowest BCUT2D eigenvalue weighted by Gasteiger charge is -2.18. The molecule has 0 atom stereocenters. The van der Waals surface area contributed by atoms with Crippen LogP contribution in [0.2, 0.25) is 0 Å². The Labute approximate surface area is 134 Å². The molecular formula is C15H19N3O5. The van der Waals surface area contributed by atoms with Gasteiger partial charge in [-0.3, -0.25) is 4.79 Å². The summed E-state index contributed by atoms with van der Waals surface area (Å²) in [7, 11) is 6.14. The zero-order chi connectivity index (χ0) is 17.0. The molecule has 0 fully saturated rings. The molecule has 0 aliphatic heterocycles. The molecule has 0 aliphatic rings. The van der Waals surface area contributed by atoms with Gasteiger partial charge in [0.05, 0.1) is 33.4 Å². The Bertz CT molecular complexity index is 698. The monoisotopic (exact) mass is 321 g/mol. The number of rotatable bonds is 6. The average molecular weight is 321 g/mol. The predicted molar refractivity (Wildman–Crippen MR) is 80.9 cm³/mol. The summed E-state index contributed by atoms with van der Waals surface area (Å²) >= 11 is 0. The predicted octanol–water partition coefficient (Wildman–Crippen LogP) is 1.68. The number of aromatic nitrogens is 2. The van der Waals surface area contributed by atoms with Crippen LogP contribution in [0.3, 0.4) is 0 Å². The highest BCUT2D eigenvalue weighted by Crippen LogP contribution is 2.35. The molecule has 0 unspecified atom stereocenters. The highest BCUT2D eigenvalue weighted by atomic mass is 16.5. The van der Waals surface area contributed by atoms with Gasteiger partial charge < -0.3 is 23.5 Å². The van der Waals surface area contributed by atoms with Crippen LogP contribution in [0.25, 0.3) is 0 Å². The van der Waals surface area contributed by atoms with Crippen molar-refractivity contribution in [3.63, 3.8) is 0 Å². The fraction of sp³-hybridized carbons (Fsp3) is 0.400. The molecule has 23 heavy (non-hydrogen) atoms. The lowest BCUT2D eigenvalue weighted by molar-refractivity contribution is 0.0768. The van der Waals surface area contributed by atoms with Gasteiger partial charge in [0.25, 0.3) is 5.91 Å². The quantitative estimate of drug-likeness (QED) is 0.800. The third-order valence-electron chi connectivity index (χ3n) is 3.22. The van der Waals surface area contributed by atoms with Crippen LogP contribution in [0, 0.1) is 6.92 Å². The number of hydrogen-bond donors (Lipinski definition) is 0. The summed E-state index contributed by atoms with van der Waals surface area (Å²) in [5.74, 6) is 1.86. The first-order chi connectivity index (χ1) is 11.0. The molecular weight excluding hydrogens is 302 g/mol. The molecule has 1 amide bonds. The molecule has 0 spiro atoms. The molecule has 0 N–H and O–H groups in total. The first kappa shape index (κ1) is 16.6. The Balaban J connectivity index is 2.29. The normalized spacial score (nSPS) is 10.3. The molecule has 0 saturated carbocycles. The van der Waals surface area contributed by atoms with E-state index in [2.05, 4.69) is 10.2 Å². The summed E-state index contributed by atoms with van der Waals surface area (Å²) < 4.78 is 21.0. The number of ether oxygens (including phenoxy) is 3. The fourth-order valence-corrected chi connectivity index (χ4v) is 2.08. The summed E-state index contributed by atoms with van der Waals surface area (Å²) in [4.78, 5) is 14.1. The fourth-order valence-electron chi connectivity index (χ4n) is 2.08. The van der Waals surface area contributed by atoms with Gasteiger partial charge in [-0.05, 0) is 0 Å². The standard InChI is InChI=1S/C15H19N3O5/c1-9-16-17-14(23-9)8-18(2)15(19)10-6-12(21-4)13(22-5)7-11(10)20-3/h6-7H,8H2,1-5H3. The van der Waals surface area contributed by atoms with Gasteiger partial charge in [0.15, 0.2) is 11.5 Å². The van der Waals surface area contributed by atoms with Crippen molar-refractivity contribution in [1.29, 1.82) is 0 Å². The van der Waals surface area contributed by atoms with Crippen LogP contribution < -0.4 is 14.2 Å². The van der Waals surface area contributed by atoms with Crippen LogP contribution in [0.4, 0.5) is 0 Å². The van der Waals surface area contributed by atoms with Gasteiger partial charge in [0.1, 0.15) is 5.75 Å². The van der Waals surface area contributed by atoms with Crippen LogP contribution in [0.5, 0.6) is 17.2 Å².